The fourth-order valence-electron chi connectivity index (χ4n) is 4.58. The lowest BCUT2D eigenvalue weighted by atomic mass is 10.0. The molecule has 186 valence electrons. The van der Waals surface area contributed by atoms with Crippen molar-refractivity contribution in [1.82, 2.24) is 26.1 Å². The Kier molecular flexibility index (Phi) is 8.04. The minimum Gasteiger partial charge on any atom is -0.444 e. The van der Waals surface area contributed by atoms with Crippen molar-refractivity contribution < 1.29 is 28.8 Å². The average Bonchev–Trinajstić information content (AvgIpc) is 3.29. The van der Waals surface area contributed by atoms with Gasteiger partial charge in [-0.1, -0.05) is 19.8 Å². The molecule has 0 radical (unpaired) electrons. The van der Waals surface area contributed by atoms with Gasteiger partial charge in [0.05, 0.1) is 18.6 Å². The molecule has 2 heterocycles. The van der Waals surface area contributed by atoms with Gasteiger partial charge in [0.15, 0.2) is 0 Å². The van der Waals surface area contributed by atoms with Crippen LogP contribution in [0.5, 0.6) is 0 Å². The van der Waals surface area contributed by atoms with Gasteiger partial charge in [-0.2, -0.15) is 5.06 Å². The van der Waals surface area contributed by atoms with Crippen molar-refractivity contribution in [3.63, 3.8) is 0 Å². The summed E-state index contributed by atoms with van der Waals surface area (Å²) in [6.07, 6.45) is 4.46. The van der Waals surface area contributed by atoms with Crippen molar-refractivity contribution in [1.29, 1.82) is 0 Å². The van der Waals surface area contributed by atoms with Crippen molar-refractivity contribution in [2.24, 2.45) is 5.92 Å². The van der Waals surface area contributed by atoms with E-state index in [1.807, 2.05) is 6.92 Å². The maximum Gasteiger partial charge on any atom is 0.407 e. The number of carbonyl (C=O) groups is 4. The van der Waals surface area contributed by atoms with Crippen LogP contribution in [-0.4, -0.2) is 70.8 Å². The predicted molar refractivity (Wildman–Crippen MR) is 118 cm³/mol. The molecule has 0 spiro atoms. The van der Waals surface area contributed by atoms with Gasteiger partial charge in [0, 0.05) is 12.6 Å². The third-order valence-electron chi connectivity index (χ3n) is 6.22. The quantitative estimate of drug-likeness (QED) is 0.387. The van der Waals surface area contributed by atoms with E-state index in [9.17, 15) is 19.2 Å². The number of urea groups is 1. The van der Waals surface area contributed by atoms with Crippen LogP contribution in [0.3, 0.4) is 0 Å². The Labute approximate surface area is 194 Å². The monoisotopic (exact) mass is 467 g/mol. The molecule has 1 aliphatic carbocycles. The van der Waals surface area contributed by atoms with Gasteiger partial charge in [0.25, 0.3) is 5.91 Å². The number of fused-ring (bicyclic) bond motifs is 2. The van der Waals surface area contributed by atoms with E-state index in [2.05, 4.69) is 16.2 Å². The van der Waals surface area contributed by atoms with Crippen LogP contribution in [0.4, 0.5) is 9.59 Å². The van der Waals surface area contributed by atoms with E-state index in [0.717, 1.165) is 19.3 Å². The summed E-state index contributed by atoms with van der Waals surface area (Å²) in [7, 11) is 0. The smallest absolute Gasteiger partial charge is 0.407 e. The Morgan fingerprint density at radius 2 is 1.79 bits per heavy atom. The summed E-state index contributed by atoms with van der Waals surface area (Å²) in [5, 5.41) is 4.16. The molecule has 0 aromatic rings. The van der Waals surface area contributed by atoms with Crippen LogP contribution < -0.4 is 16.2 Å². The average molecular weight is 468 g/mol. The second-order valence-corrected chi connectivity index (χ2v) is 9.96. The number of amides is 5. The van der Waals surface area contributed by atoms with Gasteiger partial charge in [-0.3, -0.25) is 25.3 Å². The van der Waals surface area contributed by atoms with Crippen LogP contribution in [-0.2, 0) is 19.2 Å². The minimum absolute atomic E-state index is 0.0498. The van der Waals surface area contributed by atoms with Gasteiger partial charge in [0.2, 0.25) is 5.91 Å². The lowest BCUT2D eigenvalue weighted by molar-refractivity contribution is -0.134. The fourth-order valence-corrected chi connectivity index (χ4v) is 4.58. The van der Waals surface area contributed by atoms with Crippen LogP contribution in [0, 0.1) is 5.92 Å². The number of hydrazine groups is 1. The molecule has 1 saturated carbocycles. The molecule has 0 aromatic carbocycles. The van der Waals surface area contributed by atoms with Gasteiger partial charge in [-0.15, -0.1) is 0 Å². The lowest BCUT2D eigenvalue weighted by Crippen LogP contribution is -2.56. The van der Waals surface area contributed by atoms with E-state index in [1.165, 1.54) is 9.96 Å². The van der Waals surface area contributed by atoms with Gasteiger partial charge in [0.1, 0.15) is 11.6 Å². The van der Waals surface area contributed by atoms with Gasteiger partial charge >= 0.3 is 12.1 Å². The first-order valence-corrected chi connectivity index (χ1v) is 11.9. The van der Waals surface area contributed by atoms with Crippen molar-refractivity contribution >= 4 is 23.9 Å². The summed E-state index contributed by atoms with van der Waals surface area (Å²) in [6.45, 7) is 8.27. The number of piperidine rings is 1. The molecule has 3 N–H and O–H groups in total. The summed E-state index contributed by atoms with van der Waals surface area (Å²) >= 11 is 0. The topological polar surface area (TPSA) is 129 Å². The number of alkyl carbamates (subject to hydrolysis) is 1. The zero-order valence-corrected chi connectivity index (χ0v) is 20.0. The van der Waals surface area contributed by atoms with E-state index >= 15 is 0 Å². The van der Waals surface area contributed by atoms with Crippen LogP contribution in [0.1, 0.15) is 72.6 Å². The Bertz CT molecular complexity index is 754. The summed E-state index contributed by atoms with van der Waals surface area (Å²) < 4.78 is 5.28. The van der Waals surface area contributed by atoms with Crippen LogP contribution in [0.15, 0.2) is 0 Å². The molecular formula is C22H37N5O6. The molecule has 3 aliphatic rings. The summed E-state index contributed by atoms with van der Waals surface area (Å²) in [5.41, 5.74) is 4.33. The molecule has 3 fully saturated rings. The van der Waals surface area contributed by atoms with Crippen LogP contribution in [0.25, 0.3) is 0 Å². The number of rotatable bonds is 7. The normalized spacial score (nSPS) is 26.8. The Balaban J connectivity index is 1.48. The molecular weight excluding hydrogens is 430 g/mol. The maximum atomic E-state index is 12.8. The summed E-state index contributed by atoms with van der Waals surface area (Å²) in [5.74, 6) is -1.27. The molecule has 0 aromatic heterocycles. The highest BCUT2D eigenvalue weighted by molar-refractivity contribution is 5.90. The number of hydrogen-bond acceptors (Lipinski definition) is 6. The number of hydroxylamine groups is 2. The molecule has 0 unspecified atom stereocenters. The first kappa shape index (κ1) is 25.1. The Morgan fingerprint density at radius 3 is 2.48 bits per heavy atom. The number of carbonyl (C=O) groups excluding carboxylic acids is 4. The van der Waals surface area contributed by atoms with E-state index < -0.39 is 29.6 Å². The van der Waals surface area contributed by atoms with Gasteiger partial charge in [-0.05, 0) is 52.9 Å². The third kappa shape index (κ3) is 6.27. The lowest BCUT2D eigenvalue weighted by Gasteiger charge is -2.29. The standard InChI is InChI=1S/C22H37N5O6/c1-5-6-12-32-27-14-10-11-17(26(13-14)21(27)31)19(29)25-24-18(28)15-8-7-9-16(15)23-20(30)33-22(2,3)4/h14-17H,5-13H2,1-4H3,(H,23,30)(H,24,28)(H,25,29)/t14-,15+,16+,17-/m0/s1. The molecule has 11 heteroatoms. The summed E-state index contributed by atoms with van der Waals surface area (Å²) in [4.78, 5) is 57.4. The number of hydrogen-bond donors (Lipinski definition) is 3. The number of nitrogens with zero attached hydrogens (tertiary/aromatic N) is 2. The minimum atomic E-state index is -0.659. The second-order valence-electron chi connectivity index (χ2n) is 9.96. The SMILES string of the molecule is CCCCON1C(=O)N2C[C@@H]1CC[C@H]2C(=O)NNC(=O)[C@@H]1CCC[C@H]1NC(=O)OC(C)(C)C. The highest BCUT2D eigenvalue weighted by Crippen LogP contribution is 2.30. The van der Waals surface area contributed by atoms with E-state index in [4.69, 9.17) is 9.57 Å². The van der Waals surface area contributed by atoms with E-state index in [1.54, 1.807) is 20.8 Å². The van der Waals surface area contributed by atoms with Crippen LogP contribution in [0.2, 0.25) is 0 Å². The molecule has 33 heavy (non-hydrogen) atoms. The molecule has 2 aliphatic heterocycles. The first-order valence-electron chi connectivity index (χ1n) is 11.9. The van der Waals surface area contributed by atoms with Crippen molar-refractivity contribution in [3.05, 3.63) is 0 Å². The predicted octanol–water partition coefficient (Wildman–Crippen LogP) is 1.83. The maximum absolute atomic E-state index is 12.8. The zero-order chi connectivity index (χ0) is 24.2. The molecule has 4 atom stereocenters. The molecule has 2 bridgehead atoms. The highest BCUT2D eigenvalue weighted by Gasteiger charge is 2.48. The van der Waals surface area contributed by atoms with Crippen molar-refractivity contribution in [2.45, 2.75) is 96.4 Å². The largest absolute Gasteiger partial charge is 0.444 e. The van der Waals surface area contributed by atoms with Crippen molar-refractivity contribution in [3.8, 4) is 0 Å². The number of unbranched alkanes of at least 4 members (excludes halogenated alkanes) is 1. The third-order valence-corrected chi connectivity index (χ3v) is 6.22. The molecule has 2 saturated heterocycles. The first-order chi connectivity index (χ1) is 15.6. The second kappa shape index (κ2) is 10.6. The molecule has 11 nitrogen and oxygen atoms in total. The Hall–Kier alpha value is -2.56. The fraction of sp³-hybridized carbons (Fsp3) is 0.818. The van der Waals surface area contributed by atoms with Gasteiger partial charge < -0.3 is 15.0 Å². The number of ether oxygens (including phenoxy) is 1. The molecule has 3 rings (SSSR count). The summed E-state index contributed by atoms with van der Waals surface area (Å²) in [6, 6.07) is -1.38. The zero-order valence-electron chi connectivity index (χ0n) is 20.0. The number of nitrogens with one attached hydrogen (secondary N) is 3. The van der Waals surface area contributed by atoms with Crippen LogP contribution >= 0.6 is 0 Å². The van der Waals surface area contributed by atoms with E-state index in [-0.39, 0.29) is 24.0 Å². The Morgan fingerprint density at radius 1 is 1.06 bits per heavy atom. The van der Waals surface area contributed by atoms with Crippen molar-refractivity contribution in [2.75, 3.05) is 13.2 Å². The highest BCUT2D eigenvalue weighted by atomic mass is 16.7. The van der Waals surface area contributed by atoms with Gasteiger partial charge in [-0.25, -0.2) is 9.59 Å². The van der Waals surface area contributed by atoms with E-state index in [0.29, 0.717) is 38.8 Å². The molecule has 5 amide bonds.